The lowest BCUT2D eigenvalue weighted by molar-refractivity contribution is 0.0326. The zero-order chi connectivity index (χ0) is 17.1. The molecular formula is C18H32N6O. The second kappa shape index (κ2) is 8.12. The number of hydrogen-bond donors (Lipinski definition) is 1. The van der Waals surface area contributed by atoms with Gasteiger partial charge >= 0.3 is 0 Å². The third kappa shape index (κ3) is 4.05. The number of nitrogens with one attached hydrogen (secondary N) is 1. The van der Waals surface area contributed by atoms with Gasteiger partial charge in [0.15, 0.2) is 0 Å². The van der Waals surface area contributed by atoms with E-state index in [0.717, 1.165) is 51.3 Å². The minimum atomic E-state index is 0.527. The van der Waals surface area contributed by atoms with E-state index in [1.165, 1.54) is 51.1 Å². The van der Waals surface area contributed by atoms with E-state index in [-0.39, 0.29) is 0 Å². The summed E-state index contributed by atoms with van der Waals surface area (Å²) >= 11 is 0. The number of likely N-dealkylation sites (tertiary alicyclic amines) is 1. The number of morpholine rings is 1. The highest BCUT2D eigenvalue weighted by molar-refractivity contribution is 5.04. The van der Waals surface area contributed by atoms with E-state index in [0.29, 0.717) is 5.92 Å². The zero-order valence-electron chi connectivity index (χ0n) is 15.5. The van der Waals surface area contributed by atoms with Crippen LogP contribution in [0.4, 0.5) is 0 Å². The molecule has 3 fully saturated rings. The second-order valence-electron chi connectivity index (χ2n) is 7.74. The van der Waals surface area contributed by atoms with Crippen LogP contribution >= 0.6 is 0 Å². The van der Waals surface area contributed by atoms with Gasteiger partial charge in [-0.2, -0.15) is 0 Å². The molecule has 7 heteroatoms. The van der Waals surface area contributed by atoms with Crippen molar-refractivity contribution in [3.63, 3.8) is 0 Å². The van der Waals surface area contributed by atoms with E-state index >= 15 is 0 Å². The normalized spacial score (nSPS) is 27.6. The Morgan fingerprint density at radius 2 is 1.88 bits per heavy atom. The molecule has 0 unspecified atom stereocenters. The molecule has 4 heterocycles. The summed E-state index contributed by atoms with van der Waals surface area (Å²) in [4.78, 5) is 5.13. The Kier molecular flexibility index (Phi) is 5.65. The minimum Gasteiger partial charge on any atom is -0.379 e. The first-order valence-corrected chi connectivity index (χ1v) is 9.94. The van der Waals surface area contributed by atoms with Gasteiger partial charge in [0, 0.05) is 38.6 Å². The van der Waals surface area contributed by atoms with Crippen molar-refractivity contribution in [3.05, 3.63) is 11.6 Å². The van der Waals surface area contributed by atoms with Gasteiger partial charge in [0.05, 0.1) is 19.8 Å². The Morgan fingerprint density at radius 1 is 1.08 bits per heavy atom. The molecule has 0 spiro atoms. The highest BCUT2D eigenvalue weighted by Gasteiger charge is 2.30. The Labute approximate surface area is 150 Å². The van der Waals surface area contributed by atoms with Crippen LogP contribution in [0.5, 0.6) is 0 Å². The predicted molar refractivity (Wildman–Crippen MR) is 96.5 cm³/mol. The number of nitrogens with zero attached hydrogens (tertiary/aromatic N) is 5. The first-order valence-electron chi connectivity index (χ1n) is 9.94. The van der Waals surface area contributed by atoms with Gasteiger partial charge in [0.25, 0.3) is 0 Å². The molecule has 0 bridgehead atoms. The lowest BCUT2D eigenvalue weighted by Gasteiger charge is -2.39. The Bertz CT molecular complexity index is 550. The monoisotopic (exact) mass is 348 g/mol. The number of ether oxygens (including phenoxy) is 1. The van der Waals surface area contributed by atoms with Gasteiger partial charge in [-0.15, -0.1) is 10.2 Å². The van der Waals surface area contributed by atoms with Crippen LogP contribution in [0.15, 0.2) is 0 Å². The fourth-order valence-corrected chi connectivity index (χ4v) is 4.55. The summed E-state index contributed by atoms with van der Waals surface area (Å²) in [7, 11) is 2.15. The van der Waals surface area contributed by atoms with Crippen molar-refractivity contribution in [2.75, 3.05) is 52.5 Å². The maximum Gasteiger partial charge on any atom is 0.146 e. The van der Waals surface area contributed by atoms with Crippen molar-refractivity contribution in [2.24, 2.45) is 7.05 Å². The van der Waals surface area contributed by atoms with Gasteiger partial charge in [-0.1, -0.05) is 0 Å². The van der Waals surface area contributed by atoms with Crippen LogP contribution in [-0.2, 0) is 18.3 Å². The van der Waals surface area contributed by atoms with Crippen LogP contribution in [0.1, 0.15) is 43.3 Å². The Hall–Kier alpha value is -1.02. The zero-order valence-corrected chi connectivity index (χ0v) is 15.5. The molecule has 140 valence electrons. The van der Waals surface area contributed by atoms with Gasteiger partial charge in [-0.05, 0) is 45.3 Å². The molecule has 25 heavy (non-hydrogen) atoms. The largest absolute Gasteiger partial charge is 0.379 e. The van der Waals surface area contributed by atoms with Crippen LogP contribution in [0, 0.1) is 0 Å². The lowest BCUT2D eigenvalue weighted by Crippen LogP contribution is -2.47. The van der Waals surface area contributed by atoms with Crippen LogP contribution in [0.25, 0.3) is 0 Å². The smallest absolute Gasteiger partial charge is 0.146 e. The quantitative estimate of drug-likeness (QED) is 0.859. The van der Waals surface area contributed by atoms with Crippen molar-refractivity contribution in [1.82, 2.24) is 29.9 Å². The van der Waals surface area contributed by atoms with Gasteiger partial charge in [-0.25, -0.2) is 0 Å². The summed E-state index contributed by atoms with van der Waals surface area (Å²) < 4.78 is 7.70. The molecule has 1 aromatic rings. The van der Waals surface area contributed by atoms with E-state index < -0.39 is 0 Å². The lowest BCUT2D eigenvalue weighted by atomic mass is 9.93. The molecule has 3 saturated heterocycles. The third-order valence-corrected chi connectivity index (χ3v) is 6.11. The molecule has 1 atom stereocenters. The summed E-state index contributed by atoms with van der Waals surface area (Å²) in [5, 5.41) is 12.6. The van der Waals surface area contributed by atoms with Gasteiger partial charge in [0.2, 0.25) is 0 Å². The summed E-state index contributed by atoms with van der Waals surface area (Å²) in [6, 6.07) is 0.755. The molecule has 1 N–H and O–H groups in total. The molecule has 7 nitrogen and oxygen atoms in total. The Morgan fingerprint density at radius 3 is 2.68 bits per heavy atom. The van der Waals surface area contributed by atoms with Gasteiger partial charge < -0.3 is 14.6 Å². The van der Waals surface area contributed by atoms with E-state index in [9.17, 15) is 0 Å². The standard InChI is InChI=1S/C18H32N6O/c1-22-17(14-23-9-11-25-12-10-23)20-21-18(22)15-3-2-8-24(13-15)16-4-6-19-7-5-16/h15-16,19H,2-14H2,1H3/t15-/m0/s1. The van der Waals surface area contributed by atoms with Crippen LogP contribution < -0.4 is 5.32 Å². The van der Waals surface area contributed by atoms with E-state index in [4.69, 9.17) is 4.74 Å². The summed E-state index contributed by atoms with van der Waals surface area (Å²) in [5.41, 5.74) is 0. The molecule has 0 saturated carbocycles. The molecule has 0 radical (unpaired) electrons. The topological polar surface area (TPSA) is 58.5 Å². The first kappa shape index (κ1) is 17.4. The van der Waals surface area contributed by atoms with E-state index in [1.54, 1.807) is 0 Å². The summed E-state index contributed by atoms with van der Waals surface area (Å²) in [6.07, 6.45) is 5.09. The van der Waals surface area contributed by atoms with Crippen molar-refractivity contribution >= 4 is 0 Å². The van der Waals surface area contributed by atoms with Gasteiger partial charge in [0.1, 0.15) is 11.6 Å². The molecule has 0 aliphatic carbocycles. The van der Waals surface area contributed by atoms with Crippen molar-refractivity contribution in [2.45, 2.75) is 44.2 Å². The van der Waals surface area contributed by atoms with Crippen LogP contribution in [0.2, 0.25) is 0 Å². The van der Waals surface area contributed by atoms with Crippen molar-refractivity contribution in [3.8, 4) is 0 Å². The maximum absolute atomic E-state index is 5.44. The van der Waals surface area contributed by atoms with Gasteiger partial charge in [-0.3, -0.25) is 9.80 Å². The average molecular weight is 348 g/mol. The molecule has 4 rings (SSSR count). The predicted octanol–water partition coefficient (Wildman–Crippen LogP) is 0.579. The van der Waals surface area contributed by atoms with E-state index in [2.05, 4.69) is 36.9 Å². The van der Waals surface area contributed by atoms with Crippen LogP contribution in [0.3, 0.4) is 0 Å². The molecule has 3 aliphatic rings. The van der Waals surface area contributed by atoms with Crippen LogP contribution in [-0.4, -0.2) is 83.1 Å². The van der Waals surface area contributed by atoms with Crippen molar-refractivity contribution in [1.29, 1.82) is 0 Å². The first-order chi connectivity index (χ1) is 12.3. The fourth-order valence-electron chi connectivity index (χ4n) is 4.55. The number of hydrogen-bond acceptors (Lipinski definition) is 6. The van der Waals surface area contributed by atoms with E-state index in [1.807, 2.05) is 0 Å². The molecule has 0 aromatic carbocycles. The molecule has 1 aromatic heterocycles. The number of aromatic nitrogens is 3. The minimum absolute atomic E-state index is 0.527. The average Bonchev–Trinajstić information content (AvgIpc) is 3.04. The highest BCUT2D eigenvalue weighted by Crippen LogP contribution is 2.28. The fraction of sp³-hybridized carbons (Fsp3) is 0.889. The van der Waals surface area contributed by atoms with Crippen molar-refractivity contribution < 1.29 is 4.74 Å². The molecular weight excluding hydrogens is 316 g/mol. The highest BCUT2D eigenvalue weighted by atomic mass is 16.5. The number of piperidine rings is 2. The summed E-state index contributed by atoms with van der Waals surface area (Å²) in [5.74, 6) is 2.80. The third-order valence-electron chi connectivity index (χ3n) is 6.11. The molecule has 3 aliphatic heterocycles. The number of rotatable bonds is 4. The maximum atomic E-state index is 5.44. The molecule has 0 amide bonds. The second-order valence-corrected chi connectivity index (χ2v) is 7.74. The SMILES string of the molecule is Cn1c(CN2CCOCC2)nnc1[C@H]1CCCN(C2CCNCC2)C1. The summed E-state index contributed by atoms with van der Waals surface area (Å²) in [6.45, 7) is 9.27. The Balaban J connectivity index is 1.40.